The second-order valence-corrected chi connectivity index (χ2v) is 4.99. The molecule has 0 heterocycles. The van der Waals surface area contributed by atoms with Gasteiger partial charge in [-0.1, -0.05) is 34.8 Å². The van der Waals surface area contributed by atoms with E-state index in [4.69, 9.17) is 34.8 Å². The van der Waals surface area contributed by atoms with Gasteiger partial charge in [0.15, 0.2) is 0 Å². The summed E-state index contributed by atoms with van der Waals surface area (Å²) >= 11 is 17.7. The van der Waals surface area contributed by atoms with Gasteiger partial charge in [0.2, 0.25) is 0 Å². The molecule has 0 aliphatic rings. The normalized spacial score (nSPS) is 10.9. The first-order chi connectivity index (χ1) is 9.38. The first-order valence-electron chi connectivity index (χ1n) is 5.27. The van der Waals surface area contributed by atoms with E-state index in [-0.39, 0.29) is 31.9 Å². The lowest BCUT2D eigenvalue weighted by molar-refractivity contribution is -0.0498. The standard InChI is InChI=1S/C13H6Cl3F3O/c14-6-3-9(12(16)10(15)4-6)8-5-7(20-13(18)19)1-2-11(8)17/h1-5,13H. The van der Waals surface area contributed by atoms with Crippen LogP contribution in [0.2, 0.25) is 15.1 Å². The lowest BCUT2D eigenvalue weighted by Gasteiger charge is -2.11. The van der Waals surface area contributed by atoms with E-state index in [1.165, 1.54) is 12.1 Å². The number of hydrogen-bond donors (Lipinski definition) is 0. The lowest BCUT2D eigenvalue weighted by Crippen LogP contribution is -2.02. The van der Waals surface area contributed by atoms with Gasteiger partial charge in [-0.15, -0.1) is 0 Å². The summed E-state index contributed by atoms with van der Waals surface area (Å²) in [4.78, 5) is 0. The molecule has 0 unspecified atom stereocenters. The van der Waals surface area contributed by atoms with E-state index >= 15 is 0 Å². The minimum atomic E-state index is -3.01. The molecule has 0 spiro atoms. The van der Waals surface area contributed by atoms with Crippen LogP contribution in [-0.2, 0) is 0 Å². The summed E-state index contributed by atoms with van der Waals surface area (Å²) in [5.41, 5.74) is 0.166. The first-order valence-corrected chi connectivity index (χ1v) is 6.41. The summed E-state index contributed by atoms with van der Waals surface area (Å²) in [6.07, 6.45) is 0. The van der Waals surface area contributed by atoms with Crippen LogP contribution in [0.3, 0.4) is 0 Å². The first kappa shape index (κ1) is 15.3. The monoisotopic (exact) mass is 340 g/mol. The maximum atomic E-state index is 13.8. The van der Waals surface area contributed by atoms with Gasteiger partial charge in [-0.2, -0.15) is 8.78 Å². The Kier molecular flexibility index (Phi) is 4.68. The molecule has 0 amide bonds. The molecule has 0 N–H and O–H groups in total. The summed E-state index contributed by atoms with van der Waals surface area (Å²) in [6, 6.07) is 5.98. The zero-order valence-electron chi connectivity index (χ0n) is 9.64. The maximum Gasteiger partial charge on any atom is 0.387 e. The highest BCUT2D eigenvalue weighted by atomic mass is 35.5. The fraction of sp³-hybridized carbons (Fsp3) is 0.0769. The number of benzene rings is 2. The number of hydrogen-bond acceptors (Lipinski definition) is 1. The Morgan fingerprint density at radius 3 is 2.30 bits per heavy atom. The quantitative estimate of drug-likeness (QED) is 0.617. The van der Waals surface area contributed by atoms with E-state index in [0.29, 0.717) is 0 Å². The Balaban J connectivity index is 2.57. The summed E-state index contributed by atoms with van der Waals surface area (Å²) < 4.78 is 42.4. The third-order valence-corrected chi connectivity index (χ3v) is 3.47. The predicted octanol–water partition coefficient (Wildman–Crippen LogP) is 6.05. The fourth-order valence-corrected chi connectivity index (χ4v) is 2.34. The van der Waals surface area contributed by atoms with E-state index < -0.39 is 12.4 Å². The molecule has 1 nitrogen and oxygen atoms in total. The average molecular weight is 342 g/mol. The molecule has 0 atom stereocenters. The molecule has 0 radical (unpaired) electrons. The Morgan fingerprint density at radius 2 is 1.65 bits per heavy atom. The van der Waals surface area contributed by atoms with Gasteiger partial charge >= 0.3 is 6.61 Å². The predicted molar refractivity (Wildman–Crippen MR) is 73.5 cm³/mol. The van der Waals surface area contributed by atoms with Gasteiger partial charge in [0, 0.05) is 16.1 Å². The lowest BCUT2D eigenvalue weighted by atomic mass is 10.0. The third kappa shape index (κ3) is 3.32. The molecular weight excluding hydrogens is 335 g/mol. The highest BCUT2D eigenvalue weighted by Gasteiger charge is 2.15. The minimum absolute atomic E-state index is 0.0300. The highest BCUT2D eigenvalue weighted by Crippen LogP contribution is 2.38. The van der Waals surface area contributed by atoms with Gasteiger partial charge in [-0.05, 0) is 30.3 Å². The van der Waals surface area contributed by atoms with E-state index in [0.717, 1.165) is 18.2 Å². The van der Waals surface area contributed by atoms with Gasteiger partial charge in [0.05, 0.1) is 10.0 Å². The van der Waals surface area contributed by atoms with E-state index in [1.54, 1.807) is 0 Å². The number of ether oxygens (including phenoxy) is 1. The maximum absolute atomic E-state index is 13.8. The van der Waals surface area contributed by atoms with Crippen LogP contribution in [0.25, 0.3) is 11.1 Å². The Bertz CT molecular complexity index is 647. The summed E-state index contributed by atoms with van der Waals surface area (Å²) in [5.74, 6) is -0.851. The molecule has 2 aromatic carbocycles. The molecule has 0 saturated heterocycles. The molecule has 0 aliphatic carbocycles. The molecule has 0 bridgehead atoms. The van der Waals surface area contributed by atoms with Crippen LogP contribution in [0.1, 0.15) is 0 Å². The van der Waals surface area contributed by atoms with E-state index in [2.05, 4.69) is 4.74 Å². The highest BCUT2D eigenvalue weighted by molar-refractivity contribution is 6.45. The third-order valence-electron chi connectivity index (χ3n) is 2.45. The summed E-state index contributed by atoms with van der Waals surface area (Å²) in [7, 11) is 0. The smallest absolute Gasteiger partial charge is 0.387 e. The van der Waals surface area contributed by atoms with Crippen molar-refractivity contribution in [3.8, 4) is 16.9 Å². The van der Waals surface area contributed by atoms with Crippen molar-refractivity contribution in [3.63, 3.8) is 0 Å². The Hall–Kier alpha value is -1.10. The molecule has 0 saturated carbocycles. The molecular formula is C13H6Cl3F3O. The summed E-state index contributed by atoms with van der Waals surface area (Å²) in [5, 5.41) is 0.451. The molecule has 0 fully saturated rings. The van der Waals surface area contributed by atoms with Crippen molar-refractivity contribution in [2.75, 3.05) is 0 Å². The summed E-state index contributed by atoms with van der Waals surface area (Å²) in [6.45, 7) is -3.01. The van der Waals surface area contributed by atoms with Gasteiger partial charge in [0.25, 0.3) is 0 Å². The molecule has 0 aliphatic heterocycles. The minimum Gasteiger partial charge on any atom is -0.435 e. The Labute approximate surface area is 127 Å². The molecule has 20 heavy (non-hydrogen) atoms. The van der Waals surface area contributed by atoms with Crippen molar-refractivity contribution >= 4 is 34.8 Å². The van der Waals surface area contributed by atoms with Crippen LogP contribution in [0.5, 0.6) is 5.75 Å². The van der Waals surface area contributed by atoms with Crippen LogP contribution in [0, 0.1) is 5.82 Å². The van der Waals surface area contributed by atoms with E-state index in [1.807, 2.05) is 0 Å². The van der Waals surface area contributed by atoms with Gasteiger partial charge in [0.1, 0.15) is 11.6 Å². The second-order valence-electron chi connectivity index (χ2n) is 3.77. The molecule has 106 valence electrons. The SMILES string of the molecule is Fc1ccc(OC(F)F)cc1-c1cc(Cl)cc(Cl)c1Cl. The van der Waals surface area contributed by atoms with Crippen LogP contribution in [0.15, 0.2) is 30.3 Å². The average Bonchev–Trinajstić information content (AvgIpc) is 2.35. The topological polar surface area (TPSA) is 9.23 Å². The number of rotatable bonds is 3. The van der Waals surface area contributed by atoms with Crippen LogP contribution < -0.4 is 4.74 Å². The number of halogens is 6. The molecule has 0 aromatic heterocycles. The van der Waals surface area contributed by atoms with Gasteiger partial charge in [-0.3, -0.25) is 0 Å². The van der Waals surface area contributed by atoms with E-state index in [9.17, 15) is 13.2 Å². The van der Waals surface area contributed by atoms with Crippen molar-refractivity contribution in [1.29, 1.82) is 0 Å². The van der Waals surface area contributed by atoms with Crippen LogP contribution in [0.4, 0.5) is 13.2 Å². The second kappa shape index (κ2) is 6.12. The fourth-order valence-electron chi connectivity index (χ4n) is 1.64. The van der Waals surface area contributed by atoms with Crippen LogP contribution >= 0.6 is 34.8 Å². The van der Waals surface area contributed by atoms with Crippen molar-refractivity contribution < 1.29 is 17.9 Å². The molecule has 2 aromatic rings. The largest absolute Gasteiger partial charge is 0.435 e. The van der Waals surface area contributed by atoms with Crippen molar-refractivity contribution in [2.24, 2.45) is 0 Å². The van der Waals surface area contributed by atoms with Crippen molar-refractivity contribution in [2.45, 2.75) is 6.61 Å². The number of alkyl halides is 2. The Morgan fingerprint density at radius 1 is 0.950 bits per heavy atom. The van der Waals surface area contributed by atoms with Gasteiger partial charge < -0.3 is 4.74 Å². The van der Waals surface area contributed by atoms with Crippen LogP contribution in [-0.4, -0.2) is 6.61 Å². The zero-order valence-corrected chi connectivity index (χ0v) is 11.9. The van der Waals surface area contributed by atoms with Crippen molar-refractivity contribution in [3.05, 3.63) is 51.2 Å². The van der Waals surface area contributed by atoms with Crippen molar-refractivity contribution in [1.82, 2.24) is 0 Å². The molecule has 2 rings (SSSR count). The molecule has 7 heteroatoms. The zero-order chi connectivity index (χ0) is 14.9. The van der Waals surface area contributed by atoms with Gasteiger partial charge in [-0.25, -0.2) is 4.39 Å².